The van der Waals surface area contributed by atoms with Crippen molar-refractivity contribution >= 4 is 5.91 Å². The predicted molar refractivity (Wildman–Crippen MR) is 63.9 cm³/mol. The Morgan fingerprint density at radius 3 is 2.27 bits per heavy atom. The Morgan fingerprint density at radius 2 is 1.87 bits per heavy atom. The number of nitrogens with one attached hydrogen (secondary N) is 2. The molecular weight excluding hydrogens is 190 g/mol. The van der Waals surface area contributed by atoms with Crippen LogP contribution in [0.1, 0.15) is 27.7 Å². The van der Waals surface area contributed by atoms with Crippen molar-refractivity contribution in [1.82, 2.24) is 15.5 Å². The number of likely N-dealkylation sites (N-methyl/N-ethyl adjacent to an activating group) is 1. The summed E-state index contributed by atoms with van der Waals surface area (Å²) >= 11 is 0. The first-order valence-electron chi connectivity index (χ1n) is 5.46. The second kappa shape index (κ2) is 6.08. The molecule has 0 radical (unpaired) electrons. The van der Waals surface area contributed by atoms with E-state index in [4.69, 9.17) is 0 Å². The fourth-order valence-corrected chi connectivity index (χ4v) is 1.40. The Bertz CT molecular complexity index is 200. The third-order valence-electron chi connectivity index (χ3n) is 2.06. The summed E-state index contributed by atoms with van der Waals surface area (Å²) in [6.07, 6.45) is 0. The third-order valence-corrected chi connectivity index (χ3v) is 2.06. The van der Waals surface area contributed by atoms with Gasteiger partial charge in [0.25, 0.3) is 0 Å². The lowest BCUT2D eigenvalue weighted by atomic mass is 10.0. The predicted octanol–water partition coefficient (Wildman–Crippen LogP) is 0.441. The van der Waals surface area contributed by atoms with Crippen LogP contribution in [0, 0.1) is 0 Å². The van der Waals surface area contributed by atoms with Gasteiger partial charge in [0.2, 0.25) is 5.91 Å². The highest BCUT2D eigenvalue weighted by atomic mass is 16.2. The number of hydrogen-bond donors (Lipinski definition) is 2. The van der Waals surface area contributed by atoms with Crippen molar-refractivity contribution in [3.05, 3.63) is 0 Å². The van der Waals surface area contributed by atoms with Crippen molar-refractivity contribution in [3.63, 3.8) is 0 Å². The average molecular weight is 215 g/mol. The molecular formula is C11H25N3O. The van der Waals surface area contributed by atoms with Gasteiger partial charge in [-0.2, -0.15) is 0 Å². The van der Waals surface area contributed by atoms with Crippen LogP contribution in [0.4, 0.5) is 0 Å². The molecule has 0 aliphatic carbocycles. The first kappa shape index (κ1) is 14.4. The van der Waals surface area contributed by atoms with Crippen LogP contribution >= 0.6 is 0 Å². The van der Waals surface area contributed by atoms with E-state index in [9.17, 15) is 4.79 Å². The molecule has 0 aromatic rings. The molecule has 0 aromatic carbocycles. The largest absolute Gasteiger partial charge is 0.353 e. The molecule has 4 heteroatoms. The van der Waals surface area contributed by atoms with E-state index in [1.807, 2.05) is 46.7 Å². The van der Waals surface area contributed by atoms with E-state index in [2.05, 4.69) is 10.6 Å². The van der Waals surface area contributed by atoms with E-state index in [-0.39, 0.29) is 5.91 Å². The molecule has 0 saturated carbocycles. The lowest BCUT2D eigenvalue weighted by Gasteiger charge is -2.27. The first-order chi connectivity index (χ1) is 6.75. The van der Waals surface area contributed by atoms with Gasteiger partial charge < -0.3 is 15.5 Å². The Morgan fingerprint density at radius 1 is 1.33 bits per heavy atom. The van der Waals surface area contributed by atoms with Crippen LogP contribution in [0.5, 0.6) is 0 Å². The molecule has 15 heavy (non-hydrogen) atoms. The highest BCUT2D eigenvalue weighted by Crippen LogP contribution is 2.03. The quantitative estimate of drug-likeness (QED) is 0.676. The molecule has 2 N–H and O–H groups in total. The number of hydrogen-bond acceptors (Lipinski definition) is 3. The van der Waals surface area contributed by atoms with Crippen molar-refractivity contribution in [1.29, 1.82) is 0 Å². The van der Waals surface area contributed by atoms with Crippen molar-refractivity contribution < 1.29 is 4.79 Å². The van der Waals surface area contributed by atoms with Gasteiger partial charge in [0.1, 0.15) is 0 Å². The van der Waals surface area contributed by atoms with Gasteiger partial charge in [-0.15, -0.1) is 0 Å². The molecule has 0 rings (SSSR count). The molecule has 1 amide bonds. The van der Waals surface area contributed by atoms with Gasteiger partial charge in [-0.1, -0.05) is 0 Å². The monoisotopic (exact) mass is 215 g/mol. The first-order valence-corrected chi connectivity index (χ1v) is 5.46. The van der Waals surface area contributed by atoms with E-state index < -0.39 is 5.54 Å². The summed E-state index contributed by atoms with van der Waals surface area (Å²) in [7, 11) is 3.98. The summed E-state index contributed by atoms with van der Waals surface area (Å²) < 4.78 is 0. The Balaban J connectivity index is 3.97. The van der Waals surface area contributed by atoms with Crippen LogP contribution in [0.25, 0.3) is 0 Å². The van der Waals surface area contributed by atoms with Crippen molar-refractivity contribution in [2.45, 2.75) is 39.3 Å². The summed E-state index contributed by atoms with van der Waals surface area (Å²) in [4.78, 5) is 13.8. The summed E-state index contributed by atoms with van der Waals surface area (Å²) in [5.41, 5.74) is -0.500. The molecule has 0 bridgehead atoms. The summed E-state index contributed by atoms with van der Waals surface area (Å²) in [5, 5.41) is 6.15. The van der Waals surface area contributed by atoms with E-state index in [1.54, 1.807) is 0 Å². The number of rotatable bonds is 6. The topological polar surface area (TPSA) is 44.4 Å². The number of amides is 1. The zero-order valence-electron chi connectivity index (χ0n) is 10.8. The molecule has 0 spiro atoms. The van der Waals surface area contributed by atoms with E-state index >= 15 is 0 Å². The van der Waals surface area contributed by atoms with Gasteiger partial charge in [-0.05, 0) is 41.8 Å². The second-order valence-electron chi connectivity index (χ2n) is 4.98. The van der Waals surface area contributed by atoms with Gasteiger partial charge in [-0.3, -0.25) is 4.79 Å². The molecule has 0 heterocycles. The minimum atomic E-state index is -0.500. The Labute approximate surface area is 93.4 Å². The average Bonchev–Trinajstić information content (AvgIpc) is 2.00. The highest BCUT2D eigenvalue weighted by Gasteiger charge is 2.27. The maximum absolute atomic E-state index is 11.8. The Kier molecular flexibility index (Phi) is 5.83. The van der Waals surface area contributed by atoms with Crippen molar-refractivity contribution in [2.75, 3.05) is 27.2 Å². The minimum absolute atomic E-state index is 0.0538. The minimum Gasteiger partial charge on any atom is -0.353 e. The van der Waals surface area contributed by atoms with E-state index in [1.165, 1.54) is 0 Å². The van der Waals surface area contributed by atoms with Gasteiger partial charge in [0, 0.05) is 19.1 Å². The SMILES string of the molecule is CC(C)NC(C)(C)C(=O)NCCN(C)C. The lowest BCUT2D eigenvalue weighted by molar-refractivity contribution is -0.126. The van der Waals surface area contributed by atoms with Crippen molar-refractivity contribution in [2.24, 2.45) is 0 Å². The molecule has 4 nitrogen and oxygen atoms in total. The van der Waals surface area contributed by atoms with Crippen LogP contribution in [0.15, 0.2) is 0 Å². The van der Waals surface area contributed by atoms with Crippen LogP contribution < -0.4 is 10.6 Å². The van der Waals surface area contributed by atoms with Crippen LogP contribution in [-0.2, 0) is 4.79 Å². The highest BCUT2D eigenvalue weighted by molar-refractivity contribution is 5.85. The molecule has 0 aliphatic rings. The molecule has 0 fully saturated rings. The van der Waals surface area contributed by atoms with Crippen LogP contribution in [-0.4, -0.2) is 49.6 Å². The molecule has 0 aromatic heterocycles. The summed E-state index contributed by atoms with van der Waals surface area (Å²) in [6, 6.07) is 0.305. The number of carbonyl (C=O) groups is 1. The number of nitrogens with zero attached hydrogens (tertiary/aromatic N) is 1. The Hall–Kier alpha value is -0.610. The third kappa shape index (κ3) is 6.47. The fraction of sp³-hybridized carbons (Fsp3) is 0.909. The second-order valence-corrected chi connectivity index (χ2v) is 4.98. The standard InChI is InChI=1S/C11H25N3O/c1-9(2)13-11(3,4)10(15)12-7-8-14(5)6/h9,13H,7-8H2,1-6H3,(H,12,15). The van der Waals surface area contributed by atoms with Gasteiger partial charge >= 0.3 is 0 Å². The maximum atomic E-state index is 11.8. The van der Waals surface area contributed by atoms with Crippen LogP contribution in [0.2, 0.25) is 0 Å². The molecule has 0 atom stereocenters. The van der Waals surface area contributed by atoms with E-state index in [0.717, 1.165) is 6.54 Å². The fourth-order valence-electron chi connectivity index (χ4n) is 1.40. The summed E-state index contributed by atoms with van der Waals surface area (Å²) in [6.45, 7) is 9.43. The number of carbonyl (C=O) groups excluding carboxylic acids is 1. The van der Waals surface area contributed by atoms with Crippen molar-refractivity contribution in [3.8, 4) is 0 Å². The maximum Gasteiger partial charge on any atom is 0.239 e. The van der Waals surface area contributed by atoms with Gasteiger partial charge in [0.15, 0.2) is 0 Å². The molecule has 90 valence electrons. The van der Waals surface area contributed by atoms with Gasteiger partial charge in [-0.25, -0.2) is 0 Å². The lowest BCUT2D eigenvalue weighted by Crippen LogP contribution is -2.55. The summed E-state index contributed by atoms with van der Waals surface area (Å²) in [5.74, 6) is 0.0538. The zero-order chi connectivity index (χ0) is 12.1. The molecule has 0 unspecified atom stereocenters. The normalized spacial score (nSPS) is 12.3. The zero-order valence-corrected chi connectivity index (χ0v) is 10.8. The van der Waals surface area contributed by atoms with Gasteiger partial charge in [0.05, 0.1) is 5.54 Å². The van der Waals surface area contributed by atoms with E-state index in [0.29, 0.717) is 12.6 Å². The smallest absolute Gasteiger partial charge is 0.239 e. The molecule has 0 aliphatic heterocycles. The molecule has 0 saturated heterocycles. The van der Waals surface area contributed by atoms with Crippen LogP contribution in [0.3, 0.4) is 0 Å².